The number of aromatic nitrogens is 1. The first kappa shape index (κ1) is 8.04. The van der Waals surface area contributed by atoms with E-state index >= 15 is 0 Å². The fourth-order valence-electron chi connectivity index (χ4n) is 0.735. The third-order valence-corrected chi connectivity index (χ3v) is 1.25. The predicted octanol–water partition coefficient (Wildman–Crippen LogP) is 2.21. The minimum atomic E-state index is -4.30. The highest BCUT2D eigenvalue weighted by Gasteiger charge is 2.32. The number of halogens is 3. The van der Waals surface area contributed by atoms with Crippen LogP contribution in [0.2, 0.25) is 0 Å². The van der Waals surface area contributed by atoms with Crippen LogP contribution in [0.25, 0.3) is 0 Å². The molecule has 0 aliphatic heterocycles. The van der Waals surface area contributed by atoms with Crippen LogP contribution in [0.1, 0.15) is 11.3 Å². The molecule has 0 N–H and O–H groups in total. The maximum Gasteiger partial charge on any atom is 0.418 e. The van der Waals surface area contributed by atoms with E-state index in [1.165, 1.54) is 6.92 Å². The Labute approximate surface area is 61.9 Å². The summed E-state index contributed by atoms with van der Waals surface area (Å²) in [6.45, 7) is 1.30. The molecule has 1 heterocycles. The van der Waals surface area contributed by atoms with Crippen molar-refractivity contribution in [1.29, 1.82) is 0 Å². The van der Waals surface area contributed by atoms with Gasteiger partial charge in [0.25, 0.3) is 0 Å². The smallest absolute Gasteiger partial charge is 0.251 e. The largest absolute Gasteiger partial charge is 0.418 e. The summed E-state index contributed by atoms with van der Waals surface area (Å²) in [6, 6.07) is 2.11. The van der Waals surface area contributed by atoms with Crippen molar-refractivity contribution < 1.29 is 13.2 Å². The van der Waals surface area contributed by atoms with Crippen molar-refractivity contribution in [2.75, 3.05) is 0 Å². The highest BCUT2D eigenvalue weighted by atomic mass is 19.4. The standard InChI is InChI=1S/C7H5F3N/c1-5-6(7(8,9)10)3-2-4-11-5/h2-3H,1H3. The molecule has 1 nitrogen and oxygen atoms in total. The Morgan fingerprint density at radius 1 is 1.45 bits per heavy atom. The topological polar surface area (TPSA) is 12.9 Å². The van der Waals surface area contributed by atoms with Crippen LogP contribution >= 0.6 is 0 Å². The van der Waals surface area contributed by atoms with Crippen LogP contribution in [-0.4, -0.2) is 4.98 Å². The van der Waals surface area contributed by atoms with E-state index in [4.69, 9.17) is 0 Å². The molecule has 0 aromatic carbocycles. The van der Waals surface area contributed by atoms with E-state index in [1.54, 1.807) is 0 Å². The molecular formula is C7H5F3N. The first-order valence-electron chi connectivity index (χ1n) is 2.92. The van der Waals surface area contributed by atoms with Crippen molar-refractivity contribution in [3.05, 3.63) is 29.6 Å². The Balaban J connectivity index is 3.14. The summed E-state index contributed by atoms with van der Waals surface area (Å²) in [7, 11) is 0. The van der Waals surface area contributed by atoms with E-state index in [-0.39, 0.29) is 5.69 Å². The summed E-state index contributed by atoms with van der Waals surface area (Å²) in [4.78, 5) is 3.40. The van der Waals surface area contributed by atoms with Crippen LogP contribution in [-0.2, 0) is 6.18 Å². The zero-order chi connectivity index (χ0) is 8.48. The molecule has 1 aromatic heterocycles. The van der Waals surface area contributed by atoms with Crippen LogP contribution in [0, 0.1) is 13.1 Å². The van der Waals surface area contributed by atoms with Crippen LogP contribution in [0.4, 0.5) is 13.2 Å². The molecule has 1 rings (SSSR count). The van der Waals surface area contributed by atoms with Gasteiger partial charge < -0.3 is 0 Å². The lowest BCUT2D eigenvalue weighted by atomic mass is 10.2. The molecule has 1 aromatic rings. The molecule has 4 heteroatoms. The van der Waals surface area contributed by atoms with Gasteiger partial charge in [-0.3, -0.25) is 4.98 Å². The second kappa shape index (κ2) is 2.53. The summed E-state index contributed by atoms with van der Waals surface area (Å²) in [5.74, 6) is 0. The van der Waals surface area contributed by atoms with Crippen molar-refractivity contribution in [2.45, 2.75) is 13.1 Å². The number of hydrogen-bond donors (Lipinski definition) is 0. The Morgan fingerprint density at radius 2 is 2.09 bits per heavy atom. The number of alkyl halides is 3. The van der Waals surface area contributed by atoms with Gasteiger partial charge in [0.15, 0.2) is 0 Å². The molecular weight excluding hydrogens is 155 g/mol. The summed E-state index contributed by atoms with van der Waals surface area (Å²) in [5.41, 5.74) is -0.740. The minimum Gasteiger partial charge on any atom is -0.251 e. The summed E-state index contributed by atoms with van der Waals surface area (Å²) < 4.78 is 36.0. The Kier molecular flexibility index (Phi) is 1.85. The maximum atomic E-state index is 12.0. The van der Waals surface area contributed by atoms with Crippen LogP contribution < -0.4 is 0 Å². The summed E-state index contributed by atoms with van der Waals surface area (Å²) >= 11 is 0. The van der Waals surface area contributed by atoms with Gasteiger partial charge in [-0.2, -0.15) is 13.2 Å². The lowest BCUT2D eigenvalue weighted by Gasteiger charge is -2.07. The molecule has 0 amide bonds. The fraction of sp³-hybridized carbons (Fsp3) is 0.286. The van der Waals surface area contributed by atoms with Crippen molar-refractivity contribution in [2.24, 2.45) is 0 Å². The summed E-state index contributed by atoms with van der Waals surface area (Å²) in [6.07, 6.45) is -1.98. The Morgan fingerprint density at radius 3 is 2.45 bits per heavy atom. The molecule has 0 saturated carbocycles. The molecule has 0 atom stereocenters. The molecule has 59 valence electrons. The number of nitrogens with zero attached hydrogens (tertiary/aromatic N) is 1. The van der Waals surface area contributed by atoms with E-state index in [9.17, 15) is 13.2 Å². The van der Waals surface area contributed by atoms with Crippen molar-refractivity contribution in [3.63, 3.8) is 0 Å². The van der Waals surface area contributed by atoms with E-state index in [2.05, 4.69) is 11.2 Å². The van der Waals surface area contributed by atoms with E-state index in [0.29, 0.717) is 0 Å². The van der Waals surface area contributed by atoms with Crippen molar-refractivity contribution in [1.82, 2.24) is 4.98 Å². The van der Waals surface area contributed by atoms with Crippen LogP contribution in [0.3, 0.4) is 0 Å². The molecule has 0 aliphatic rings. The molecule has 0 fully saturated rings. The fourth-order valence-corrected chi connectivity index (χ4v) is 0.735. The second-order valence-corrected chi connectivity index (χ2v) is 2.07. The van der Waals surface area contributed by atoms with Crippen molar-refractivity contribution >= 4 is 0 Å². The second-order valence-electron chi connectivity index (χ2n) is 2.07. The first-order chi connectivity index (χ1) is 5.02. The van der Waals surface area contributed by atoms with Gasteiger partial charge in [-0.05, 0) is 19.1 Å². The zero-order valence-electron chi connectivity index (χ0n) is 5.74. The van der Waals surface area contributed by atoms with Crippen LogP contribution in [0.15, 0.2) is 12.1 Å². The molecule has 1 radical (unpaired) electrons. The zero-order valence-corrected chi connectivity index (χ0v) is 5.74. The quantitative estimate of drug-likeness (QED) is 0.567. The van der Waals surface area contributed by atoms with Gasteiger partial charge in [-0.1, -0.05) is 0 Å². The van der Waals surface area contributed by atoms with E-state index in [0.717, 1.165) is 12.1 Å². The third kappa shape index (κ3) is 1.69. The lowest BCUT2D eigenvalue weighted by Crippen LogP contribution is -2.07. The van der Waals surface area contributed by atoms with Gasteiger partial charge in [-0.25, -0.2) is 0 Å². The van der Waals surface area contributed by atoms with Gasteiger partial charge in [-0.15, -0.1) is 0 Å². The van der Waals surface area contributed by atoms with Gasteiger partial charge in [0.05, 0.1) is 17.5 Å². The first-order valence-corrected chi connectivity index (χ1v) is 2.92. The molecule has 0 bridgehead atoms. The maximum absolute atomic E-state index is 12.0. The van der Waals surface area contributed by atoms with Crippen LogP contribution in [0.5, 0.6) is 0 Å². The van der Waals surface area contributed by atoms with Gasteiger partial charge >= 0.3 is 6.18 Å². The lowest BCUT2D eigenvalue weighted by molar-refractivity contribution is -0.138. The highest BCUT2D eigenvalue weighted by molar-refractivity contribution is 5.20. The van der Waals surface area contributed by atoms with E-state index in [1.807, 2.05) is 0 Å². The predicted molar refractivity (Wildman–Crippen MR) is 32.8 cm³/mol. The molecule has 0 spiro atoms. The van der Waals surface area contributed by atoms with E-state index < -0.39 is 11.7 Å². The third-order valence-electron chi connectivity index (χ3n) is 1.25. The Hall–Kier alpha value is -1.06. The monoisotopic (exact) mass is 160 g/mol. The van der Waals surface area contributed by atoms with Gasteiger partial charge in [0.2, 0.25) is 0 Å². The molecule has 0 aliphatic carbocycles. The SMILES string of the molecule is Cc1n[c]ccc1C(F)(F)F. The molecule has 11 heavy (non-hydrogen) atoms. The van der Waals surface area contributed by atoms with Crippen molar-refractivity contribution in [3.8, 4) is 0 Å². The Bertz CT molecular complexity index is 254. The van der Waals surface area contributed by atoms with Gasteiger partial charge in [0, 0.05) is 0 Å². The number of hydrogen-bond acceptors (Lipinski definition) is 1. The number of rotatable bonds is 0. The summed E-state index contributed by atoms with van der Waals surface area (Å²) in [5, 5.41) is 0. The molecule has 0 saturated heterocycles. The average Bonchev–Trinajstić information content (AvgIpc) is 1.86. The number of aryl methyl sites for hydroxylation is 1. The van der Waals surface area contributed by atoms with Gasteiger partial charge in [0.1, 0.15) is 0 Å². The molecule has 0 unspecified atom stereocenters. The highest BCUT2D eigenvalue weighted by Crippen LogP contribution is 2.30. The number of pyridine rings is 1. The normalized spacial score (nSPS) is 11.6. The minimum absolute atomic E-state index is 0.0417. The average molecular weight is 160 g/mol.